The van der Waals surface area contributed by atoms with Crippen LogP contribution in [0.2, 0.25) is 0 Å². The number of hydrogen-bond donors (Lipinski definition) is 1. The normalized spacial score (nSPS) is 26.1. The molecule has 4 nitrogen and oxygen atoms in total. The lowest BCUT2D eigenvalue weighted by molar-refractivity contribution is 0.146. The van der Waals surface area contributed by atoms with Crippen molar-refractivity contribution < 1.29 is 9.47 Å². The van der Waals surface area contributed by atoms with E-state index in [9.17, 15) is 0 Å². The monoisotopic (exact) mass is 320 g/mol. The van der Waals surface area contributed by atoms with Crippen molar-refractivity contribution in [1.82, 2.24) is 4.90 Å². The summed E-state index contributed by atoms with van der Waals surface area (Å²) in [4.78, 5) is 2.72. The zero-order valence-corrected chi connectivity index (χ0v) is 13.7. The molecule has 0 unspecified atom stereocenters. The van der Waals surface area contributed by atoms with E-state index in [0.29, 0.717) is 12.8 Å². The molecule has 0 spiro atoms. The molecular weight excluding hydrogens is 296 g/mol. The van der Waals surface area contributed by atoms with E-state index in [1.165, 1.54) is 50.3 Å². The van der Waals surface area contributed by atoms with Gasteiger partial charge in [0.05, 0.1) is 0 Å². The Hall–Kier alpha value is -1.07. The lowest BCUT2D eigenvalue weighted by atomic mass is 10.0. The van der Waals surface area contributed by atoms with Crippen LogP contribution in [0.4, 0.5) is 5.69 Å². The Bertz CT molecular complexity index is 519. The number of anilines is 1. The van der Waals surface area contributed by atoms with Crippen molar-refractivity contribution in [1.29, 1.82) is 0 Å². The number of nitrogens with one attached hydrogen (secondary N) is 1. The highest BCUT2D eigenvalue weighted by Crippen LogP contribution is 2.35. The van der Waals surface area contributed by atoms with Crippen molar-refractivity contribution in [3.63, 3.8) is 0 Å². The van der Waals surface area contributed by atoms with E-state index in [-0.39, 0.29) is 0 Å². The summed E-state index contributed by atoms with van der Waals surface area (Å²) in [6.07, 6.45) is 5.28. The second-order valence-electron chi connectivity index (χ2n) is 6.39. The Morgan fingerprint density at radius 3 is 2.86 bits per heavy atom. The maximum Gasteiger partial charge on any atom is 0.231 e. The Kier molecular flexibility index (Phi) is 4.35. The average molecular weight is 320 g/mol. The van der Waals surface area contributed by atoms with Gasteiger partial charge >= 0.3 is 0 Å². The van der Waals surface area contributed by atoms with Gasteiger partial charge in [0.2, 0.25) is 6.79 Å². The number of hydrogen-bond acceptors (Lipinski definition) is 5. The molecule has 0 saturated carbocycles. The van der Waals surface area contributed by atoms with Crippen LogP contribution in [0.3, 0.4) is 0 Å². The molecule has 0 bridgehead atoms. The summed E-state index contributed by atoms with van der Waals surface area (Å²) in [5, 5.41) is 3.70. The van der Waals surface area contributed by atoms with Gasteiger partial charge in [0.15, 0.2) is 11.5 Å². The van der Waals surface area contributed by atoms with Gasteiger partial charge < -0.3 is 14.8 Å². The minimum Gasteiger partial charge on any atom is -0.454 e. The lowest BCUT2D eigenvalue weighted by Crippen LogP contribution is -2.48. The summed E-state index contributed by atoms with van der Waals surface area (Å²) in [5.74, 6) is 4.39. The lowest BCUT2D eigenvalue weighted by Gasteiger charge is -2.40. The van der Waals surface area contributed by atoms with Crippen LogP contribution in [0.25, 0.3) is 0 Å². The first-order valence-corrected chi connectivity index (χ1v) is 9.52. The van der Waals surface area contributed by atoms with Gasteiger partial charge in [-0.25, -0.2) is 0 Å². The van der Waals surface area contributed by atoms with E-state index >= 15 is 0 Å². The number of rotatable bonds is 3. The van der Waals surface area contributed by atoms with E-state index < -0.39 is 0 Å². The molecule has 0 amide bonds. The summed E-state index contributed by atoms with van der Waals surface area (Å²) in [6, 6.07) is 7.53. The Morgan fingerprint density at radius 1 is 1.09 bits per heavy atom. The van der Waals surface area contributed by atoms with Crippen LogP contribution in [0.5, 0.6) is 11.5 Å². The molecular formula is C17H24N2O2S. The van der Waals surface area contributed by atoms with E-state index in [2.05, 4.69) is 34.1 Å². The number of ether oxygens (including phenoxy) is 2. The van der Waals surface area contributed by atoms with Gasteiger partial charge in [-0.3, -0.25) is 4.90 Å². The SMILES string of the molecule is c1cc2c(cc1N[C@H]1CCCN(C3CCSCC3)C1)OCO2. The predicted molar refractivity (Wildman–Crippen MR) is 91.1 cm³/mol. The predicted octanol–water partition coefficient (Wildman–Crippen LogP) is 3.19. The molecule has 4 rings (SSSR count). The van der Waals surface area contributed by atoms with Crippen LogP contribution in [-0.2, 0) is 0 Å². The van der Waals surface area contributed by atoms with E-state index in [1.807, 2.05) is 6.07 Å². The third kappa shape index (κ3) is 3.15. The highest BCUT2D eigenvalue weighted by molar-refractivity contribution is 7.99. The highest BCUT2D eigenvalue weighted by atomic mass is 32.2. The van der Waals surface area contributed by atoms with Crippen LogP contribution < -0.4 is 14.8 Å². The molecule has 1 atom stereocenters. The molecule has 3 aliphatic heterocycles. The standard InChI is InChI=1S/C17H24N2O2S/c1-2-14(11-19(7-1)15-5-8-22-9-6-15)18-13-3-4-16-17(10-13)21-12-20-16/h3-4,10,14-15,18H,1-2,5-9,11-12H2/t14-/m0/s1. The van der Waals surface area contributed by atoms with Crippen LogP contribution >= 0.6 is 11.8 Å². The number of thioether (sulfide) groups is 1. The summed E-state index contributed by atoms with van der Waals surface area (Å²) in [5.41, 5.74) is 1.15. The summed E-state index contributed by atoms with van der Waals surface area (Å²) < 4.78 is 10.8. The highest BCUT2D eigenvalue weighted by Gasteiger charge is 2.27. The van der Waals surface area contributed by atoms with Crippen molar-refractivity contribution in [2.75, 3.05) is 36.7 Å². The molecule has 22 heavy (non-hydrogen) atoms. The fraction of sp³-hybridized carbons (Fsp3) is 0.647. The van der Waals surface area contributed by atoms with Crippen molar-refractivity contribution in [2.45, 2.75) is 37.8 Å². The molecule has 3 heterocycles. The van der Waals surface area contributed by atoms with E-state index in [1.54, 1.807) is 0 Å². The molecule has 2 fully saturated rings. The molecule has 0 radical (unpaired) electrons. The first-order chi connectivity index (χ1) is 10.9. The Labute approximate surface area is 136 Å². The topological polar surface area (TPSA) is 33.7 Å². The first kappa shape index (κ1) is 14.5. The fourth-order valence-corrected chi connectivity index (χ4v) is 4.81. The Balaban J connectivity index is 1.38. The number of likely N-dealkylation sites (tertiary alicyclic amines) is 1. The van der Waals surface area contributed by atoms with Gasteiger partial charge in [0.1, 0.15) is 0 Å². The molecule has 2 saturated heterocycles. The quantitative estimate of drug-likeness (QED) is 0.925. The first-order valence-electron chi connectivity index (χ1n) is 8.36. The largest absolute Gasteiger partial charge is 0.454 e. The molecule has 0 aromatic heterocycles. The molecule has 1 aromatic rings. The number of piperidine rings is 1. The molecule has 0 aliphatic carbocycles. The van der Waals surface area contributed by atoms with Crippen LogP contribution in [0.1, 0.15) is 25.7 Å². The zero-order valence-electron chi connectivity index (χ0n) is 12.9. The van der Waals surface area contributed by atoms with E-state index in [0.717, 1.165) is 23.2 Å². The van der Waals surface area contributed by atoms with Gasteiger partial charge in [-0.2, -0.15) is 11.8 Å². The van der Waals surface area contributed by atoms with Gasteiger partial charge in [-0.1, -0.05) is 0 Å². The molecule has 5 heteroatoms. The van der Waals surface area contributed by atoms with Gasteiger partial charge in [-0.15, -0.1) is 0 Å². The third-order valence-electron chi connectivity index (χ3n) is 4.90. The molecule has 1 aromatic carbocycles. The average Bonchev–Trinajstić information content (AvgIpc) is 3.04. The number of benzene rings is 1. The van der Waals surface area contributed by atoms with E-state index in [4.69, 9.17) is 9.47 Å². The maximum atomic E-state index is 5.47. The molecule has 120 valence electrons. The second kappa shape index (κ2) is 6.59. The Morgan fingerprint density at radius 2 is 1.95 bits per heavy atom. The van der Waals surface area contributed by atoms with Crippen LogP contribution in [0.15, 0.2) is 18.2 Å². The van der Waals surface area contributed by atoms with Crippen molar-refractivity contribution in [3.8, 4) is 11.5 Å². The van der Waals surface area contributed by atoms with Gasteiger partial charge in [0, 0.05) is 30.4 Å². The summed E-state index contributed by atoms with van der Waals surface area (Å²) in [6.45, 7) is 2.79. The zero-order chi connectivity index (χ0) is 14.8. The minimum atomic E-state index is 0.343. The maximum absolute atomic E-state index is 5.47. The third-order valence-corrected chi connectivity index (χ3v) is 5.95. The van der Waals surface area contributed by atoms with Crippen molar-refractivity contribution >= 4 is 17.4 Å². The van der Waals surface area contributed by atoms with Crippen molar-refractivity contribution in [3.05, 3.63) is 18.2 Å². The fourth-order valence-electron chi connectivity index (χ4n) is 3.73. The molecule has 3 aliphatic rings. The minimum absolute atomic E-state index is 0.343. The second-order valence-corrected chi connectivity index (χ2v) is 7.61. The summed E-state index contributed by atoms with van der Waals surface area (Å²) >= 11 is 2.11. The van der Waals surface area contributed by atoms with Gasteiger partial charge in [-0.05, 0) is 55.9 Å². The smallest absolute Gasteiger partial charge is 0.231 e. The van der Waals surface area contributed by atoms with Gasteiger partial charge in [0.25, 0.3) is 0 Å². The van der Waals surface area contributed by atoms with Crippen LogP contribution in [0, 0.1) is 0 Å². The van der Waals surface area contributed by atoms with Crippen LogP contribution in [-0.4, -0.2) is 48.4 Å². The number of fused-ring (bicyclic) bond motifs is 1. The number of nitrogens with zero attached hydrogens (tertiary/aromatic N) is 1. The molecule has 1 N–H and O–H groups in total. The summed E-state index contributed by atoms with van der Waals surface area (Å²) in [7, 11) is 0. The van der Waals surface area contributed by atoms with Crippen molar-refractivity contribution in [2.24, 2.45) is 0 Å².